The molecule has 0 fully saturated rings. The number of pyridine rings is 1. The van der Waals surface area contributed by atoms with Gasteiger partial charge in [-0.25, -0.2) is 4.98 Å². The lowest BCUT2D eigenvalue weighted by Gasteiger charge is -2.14. The van der Waals surface area contributed by atoms with E-state index < -0.39 is 0 Å². The molecule has 0 atom stereocenters. The lowest BCUT2D eigenvalue weighted by atomic mass is 9.93. The van der Waals surface area contributed by atoms with Crippen molar-refractivity contribution in [2.24, 2.45) is 0 Å². The van der Waals surface area contributed by atoms with Crippen molar-refractivity contribution in [3.05, 3.63) is 218 Å². The molecular weight excluding hydrogens is 745 g/mol. The minimum atomic E-state index is 0.965. The highest BCUT2D eigenvalue weighted by molar-refractivity contribution is 7.26. The lowest BCUT2D eigenvalue weighted by Crippen LogP contribution is -1.95. The van der Waals surface area contributed by atoms with Crippen molar-refractivity contribution in [2.45, 2.75) is 0 Å². The van der Waals surface area contributed by atoms with E-state index >= 15 is 0 Å². The molecule has 12 aromatic rings. The Morgan fingerprint density at radius 1 is 0.333 bits per heavy atom. The second-order valence-electron chi connectivity index (χ2n) is 15.5. The van der Waals surface area contributed by atoms with E-state index in [4.69, 9.17) is 4.98 Å². The SMILES string of the molecule is c1ccc(-c2ccc3sc4c(-c5cccc(-c6ccc7c(c6)c6ccccc6c6nc(-c8ccccc8)c(-c8ccccc8)n76)c5)cc(-c5ccccc5)cc4c3c2)cc1. The van der Waals surface area contributed by atoms with E-state index in [1.807, 2.05) is 11.3 Å². The Morgan fingerprint density at radius 2 is 0.867 bits per heavy atom. The Kier molecular flexibility index (Phi) is 8.07. The van der Waals surface area contributed by atoms with Crippen LogP contribution in [0.2, 0.25) is 0 Å². The molecule has 0 aliphatic rings. The highest BCUT2D eigenvalue weighted by Gasteiger charge is 2.21. The number of thiophene rings is 1. The third-order valence-electron chi connectivity index (χ3n) is 12.0. The molecule has 0 spiro atoms. The van der Waals surface area contributed by atoms with Crippen molar-refractivity contribution < 1.29 is 0 Å². The van der Waals surface area contributed by atoms with Crippen LogP contribution in [0.3, 0.4) is 0 Å². The van der Waals surface area contributed by atoms with Gasteiger partial charge in [-0.1, -0.05) is 176 Å². The van der Waals surface area contributed by atoms with Crippen LogP contribution in [0.1, 0.15) is 0 Å². The van der Waals surface area contributed by atoms with Gasteiger partial charge in [0.2, 0.25) is 0 Å². The maximum absolute atomic E-state index is 5.42. The van der Waals surface area contributed by atoms with Crippen molar-refractivity contribution in [1.29, 1.82) is 0 Å². The summed E-state index contributed by atoms with van der Waals surface area (Å²) in [5.41, 5.74) is 16.2. The summed E-state index contributed by atoms with van der Waals surface area (Å²) in [7, 11) is 0. The molecular formula is C57H36N2S. The smallest absolute Gasteiger partial charge is 0.146 e. The summed E-state index contributed by atoms with van der Waals surface area (Å²) < 4.78 is 4.98. The van der Waals surface area contributed by atoms with Gasteiger partial charge in [0.05, 0.1) is 16.9 Å². The molecule has 0 amide bonds. The second-order valence-corrected chi connectivity index (χ2v) is 16.6. The minimum Gasteiger partial charge on any atom is -0.291 e. The largest absolute Gasteiger partial charge is 0.291 e. The fourth-order valence-corrected chi connectivity index (χ4v) is 10.3. The van der Waals surface area contributed by atoms with Crippen LogP contribution in [0.15, 0.2) is 218 Å². The Labute approximate surface area is 351 Å². The van der Waals surface area contributed by atoms with Crippen LogP contribution in [-0.2, 0) is 0 Å². The first-order valence-electron chi connectivity index (χ1n) is 20.4. The maximum atomic E-state index is 5.42. The van der Waals surface area contributed by atoms with E-state index in [1.165, 1.54) is 75.5 Å². The number of fused-ring (bicyclic) bond motifs is 9. The quantitative estimate of drug-likeness (QED) is 0.154. The van der Waals surface area contributed by atoms with Crippen molar-refractivity contribution >= 4 is 58.8 Å². The normalized spacial score (nSPS) is 11.7. The molecule has 9 aromatic carbocycles. The Balaban J connectivity index is 1.06. The molecule has 3 heterocycles. The minimum absolute atomic E-state index is 0.965. The zero-order valence-electron chi connectivity index (χ0n) is 32.6. The molecule has 0 saturated heterocycles. The van der Waals surface area contributed by atoms with Gasteiger partial charge in [-0.3, -0.25) is 4.40 Å². The van der Waals surface area contributed by atoms with E-state index in [0.29, 0.717) is 0 Å². The summed E-state index contributed by atoms with van der Waals surface area (Å²) in [6.45, 7) is 0. The standard InChI is InChI=1S/C57H36N2S/c1-5-16-37(17-6-1)42-29-31-53-50(34-42)51-36-45(38-18-7-2-8-19-38)35-48(56(51)60-53)44-25-15-24-41(32-44)43-28-30-52-49(33-43)46-26-13-14-27-47(46)57-58-54(39-20-9-3-10-21-39)55(59(52)57)40-22-11-4-12-23-40/h1-36H. The van der Waals surface area contributed by atoms with Gasteiger partial charge in [0.25, 0.3) is 0 Å². The number of imidazole rings is 1. The average Bonchev–Trinajstić information content (AvgIpc) is 3.92. The van der Waals surface area contributed by atoms with E-state index in [-0.39, 0.29) is 0 Å². The number of hydrogen-bond acceptors (Lipinski definition) is 2. The molecule has 0 bridgehead atoms. The molecule has 2 nitrogen and oxygen atoms in total. The topological polar surface area (TPSA) is 17.3 Å². The summed E-state index contributed by atoms with van der Waals surface area (Å²) >= 11 is 1.89. The molecule has 280 valence electrons. The molecule has 12 rings (SSSR count). The average molecular weight is 781 g/mol. The van der Waals surface area contributed by atoms with Gasteiger partial charge >= 0.3 is 0 Å². The van der Waals surface area contributed by atoms with Gasteiger partial charge in [0.1, 0.15) is 5.65 Å². The highest BCUT2D eigenvalue weighted by atomic mass is 32.1. The number of nitrogens with zero attached hydrogens (tertiary/aromatic N) is 2. The number of rotatable bonds is 6. The lowest BCUT2D eigenvalue weighted by molar-refractivity contribution is 1.27. The number of benzene rings is 9. The van der Waals surface area contributed by atoms with E-state index in [9.17, 15) is 0 Å². The zero-order valence-corrected chi connectivity index (χ0v) is 33.4. The first-order chi connectivity index (χ1) is 29.7. The first kappa shape index (κ1) is 34.5. The summed E-state index contributed by atoms with van der Waals surface area (Å²) in [5.74, 6) is 0. The summed E-state index contributed by atoms with van der Waals surface area (Å²) in [6, 6.07) is 79.3. The zero-order chi connectivity index (χ0) is 39.6. The van der Waals surface area contributed by atoms with Crippen LogP contribution >= 0.6 is 11.3 Å². The molecule has 3 heteroatoms. The van der Waals surface area contributed by atoms with Crippen molar-refractivity contribution in [2.75, 3.05) is 0 Å². The van der Waals surface area contributed by atoms with Crippen LogP contribution in [-0.4, -0.2) is 9.38 Å². The first-order valence-corrected chi connectivity index (χ1v) is 21.3. The molecule has 3 aromatic heterocycles. The molecule has 60 heavy (non-hydrogen) atoms. The van der Waals surface area contributed by atoms with Gasteiger partial charge in [0.15, 0.2) is 0 Å². The molecule has 0 aliphatic carbocycles. The van der Waals surface area contributed by atoms with E-state index in [1.54, 1.807) is 0 Å². The third-order valence-corrected chi connectivity index (χ3v) is 13.2. The van der Waals surface area contributed by atoms with Crippen LogP contribution < -0.4 is 0 Å². The van der Waals surface area contributed by atoms with E-state index in [0.717, 1.165) is 39.1 Å². The van der Waals surface area contributed by atoms with E-state index in [2.05, 4.69) is 223 Å². The van der Waals surface area contributed by atoms with Gasteiger partial charge < -0.3 is 0 Å². The fourth-order valence-electron chi connectivity index (χ4n) is 9.10. The molecule has 0 unspecified atom stereocenters. The van der Waals surface area contributed by atoms with Gasteiger partial charge in [0, 0.05) is 47.6 Å². The van der Waals surface area contributed by atoms with Crippen LogP contribution in [0.25, 0.3) is 115 Å². The van der Waals surface area contributed by atoms with Crippen LogP contribution in [0, 0.1) is 0 Å². The highest BCUT2D eigenvalue weighted by Crippen LogP contribution is 2.45. The molecule has 0 N–H and O–H groups in total. The number of aromatic nitrogens is 2. The molecule has 0 radical (unpaired) electrons. The Morgan fingerprint density at radius 3 is 1.60 bits per heavy atom. The van der Waals surface area contributed by atoms with Crippen molar-refractivity contribution in [3.8, 4) is 67.0 Å². The fraction of sp³-hybridized carbons (Fsp3) is 0. The van der Waals surface area contributed by atoms with Crippen LogP contribution in [0.5, 0.6) is 0 Å². The van der Waals surface area contributed by atoms with Crippen molar-refractivity contribution in [1.82, 2.24) is 9.38 Å². The van der Waals surface area contributed by atoms with Crippen molar-refractivity contribution in [3.63, 3.8) is 0 Å². The Hall–Kier alpha value is -7.59. The molecule has 0 saturated carbocycles. The second kappa shape index (κ2) is 14.1. The number of hydrogen-bond donors (Lipinski definition) is 0. The monoisotopic (exact) mass is 780 g/mol. The summed E-state index contributed by atoms with van der Waals surface area (Å²) in [5, 5.41) is 6.11. The predicted molar refractivity (Wildman–Crippen MR) is 256 cm³/mol. The summed E-state index contributed by atoms with van der Waals surface area (Å²) in [6.07, 6.45) is 0. The van der Waals surface area contributed by atoms with Crippen LogP contribution in [0.4, 0.5) is 0 Å². The maximum Gasteiger partial charge on any atom is 0.146 e. The van der Waals surface area contributed by atoms with Gasteiger partial charge in [-0.15, -0.1) is 11.3 Å². The third kappa shape index (κ3) is 5.66. The summed E-state index contributed by atoms with van der Waals surface area (Å²) in [4.78, 5) is 5.42. The predicted octanol–water partition coefficient (Wildman–Crippen LogP) is 16.0. The molecule has 0 aliphatic heterocycles. The Bertz CT molecular complexity index is 3570. The van der Waals surface area contributed by atoms with Gasteiger partial charge in [-0.2, -0.15) is 0 Å². The van der Waals surface area contributed by atoms with Gasteiger partial charge in [-0.05, 0) is 86.8 Å².